The lowest BCUT2D eigenvalue weighted by molar-refractivity contribution is 0.270. The van der Waals surface area contributed by atoms with Gasteiger partial charge in [-0.2, -0.15) is 4.98 Å². The van der Waals surface area contributed by atoms with Crippen LogP contribution in [0.2, 0.25) is 0 Å². The summed E-state index contributed by atoms with van der Waals surface area (Å²) in [4.78, 5) is 24.1. The number of piperazine rings is 1. The average Bonchev–Trinajstić information content (AvgIpc) is 3.28. The van der Waals surface area contributed by atoms with E-state index in [0.717, 1.165) is 81.2 Å². The van der Waals surface area contributed by atoms with Gasteiger partial charge in [-0.15, -0.1) is 11.3 Å². The second kappa shape index (κ2) is 8.75. The fraction of sp³-hybridized carbons (Fsp3) is 0.231. The number of likely N-dealkylation sites (N-methyl/N-ethyl adjacent to an activating group) is 1. The van der Waals surface area contributed by atoms with Crippen LogP contribution in [0.3, 0.4) is 0 Å². The Hall–Kier alpha value is -3.82. The van der Waals surface area contributed by atoms with Crippen LogP contribution < -0.4 is 16.4 Å². The topological polar surface area (TPSA) is 110 Å². The van der Waals surface area contributed by atoms with Crippen LogP contribution in [-0.4, -0.2) is 57.6 Å². The van der Waals surface area contributed by atoms with Gasteiger partial charge < -0.3 is 21.3 Å². The molecule has 176 valence electrons. The number of hydrogen-bond acceptors (Lipinski definition) is 9. The van der Waals surface area contributed by atoms with Crippen molar-refractivity contribution in [2.24, 2.45) is 0 Å². The Bertz CT molecular complexity index is 1520. The monoisotopic (exact) mass is 482 g/mol. The van der Waals surface area contributed by atoms with Gasteiger partial charge in [-0.05, 0) is 30.8 Å². The fourth-order valence-corrected chi connectivity index (χ4v) is 5.85. The molecule has 1 fully saturated rings. The van der Waals surface area contributed by atoms with Crippen molar-refractivity contribution in [3.63, 3.8) is 0 Å². The molecule has 5 aromatic rings. The summed E-state index contributed by atoms with van der Waals surface area (Å²) in [5.74, 6) is 1.55. The van der Waals surface area contributed by atoms with Gasteiger partial charge in [-0.3, -0.25) is 4.98 Å². The van der Waals surface area contributed by atoms with Gasteiger partial charge in [0, 0.05) is 65.5 Å². The van der Waals surface area contributed by atoms with Crippen molar-refractivity contribution in [1.29, 1.82) is 0 Å². The third-order valence-electron chi connectivity index (χ3n) is 6.61. The van der Waals surface area contributed by atoms with Crippen LogP contribution in [0.15, 0.2) is 54.9 Å². The number of benzene rings is 1. The molecule has 1 aromatic carbocycles. The Labute approximate surface area is 207 Å². The second-order valence-corrected chi connectivity index (χ2v) is 9.71. The predicted octanol–water partition coefficient (Wildman–Crippen LogP) is 4.27. The minimum absolute atomic E-state index is 0.161. The molecular weight excluding hydrogens is 456 g/mol. The molecule has 0 aliphatic carbocycles. The molecule has 0 unspecified atom stereocenters. The van der Waals surface area contributed by atoms with Gasteiger partial charge in [0.15, 0.2) is 0 Å². The Morgan fingerprint density at radius 2 is 1.71 bits per heavy atom. The summed E-state index contributed by atoms with van der Waals surface area (Å²) in [7, 11) is 0. The Morgan fingerprint density at radius 3 is 2.49 bits per heavy atom. The maximum Gasteiger partial charge on any atom is 0.222 e. The van der Waals surface area contributed by atoms with Crippen LogP contribution in [0.1, 0.15) is 6.92 Å². The molecular formula is C26H26N8S. The SMILES string of the molecule is CCN1CCN(c2ccc(-c3sc4c(N)nc(N)nc4c3-c3cnc4ccccc4c3)cn2)CC1. The number of thiophene rings is 1. The zero-order chi connectivity index (χ0) is 23.9. The quantitative estimate of drug-likeness (QED) is 0.391. The number of nitrogens with two attached hydrogens (primary N) is 2. The molecule has 0 bridgehead atoms. The van der Waals surface area contributed by atoms with E-state index < -0.39 is 0 Å². The highest BCUT2D eigenvalue weighted by Crippen LogP contribution is 2.46. The van der Waals surface area contributed by atoms with Crippen molar-refractivity contribution in [1.82, 2.24) is 24.8 Å². The number of aromatic nitrogens is 4. The number of rotatable bonds is 4. The lowest BCUT2D eigenvalue weighted by Gasteiger charge is -2.34. The van der Waals surface area contributed by atoms with E-state index in [2.05, 4.69) is 55.9 Å². The van der Waals surface area contributed by atoms with Crippen molar-refractivity contribution < 1.29 is 0 Å². The van der Waals surface area contributed by atoms with Crippen molar-refractivity contribution in [2.45, 2.75) is 6.92 Å². The largest absolute Gasteiger partial charge is 0.382 e. The molecule has 9 heteroatoms. The smallest absolute Gasteiger partial charge is 0.222 e. The van der Waals surface area contributed by atoms with Gasteiger partial charge in [0.25, 0.3) is 0 Å². The molecule has 0 saturated carbocycles. The third kappa shape index (κ3) is 3.92. The summed E-state index contributed by atoms with van der Waals surface area (Å²) in [5.41, 5.74) is 16.9. The maximum atomic E-state index is 6.27. The summed E-state index contributed by atoms with van der Waals surface area (Å²) >= 11 is 1.56. The molecule has 0 amide bonds. The van der Waals surface area contributed by atoms with Crippen LogP contribution in [0, 0.1) is 0 Å². The zero-order valence-corrected chi connectivity index (χ0v) is 20.3. The number of pyridine rings is 2. The van der Waals surface area contributed by atoms with Gasteiger partial charge in [0.1, 0.15) is 11.6 Å². The number of fused-ring (bicyclic) bond motifs is 2. The van der Waals surface area contributed by atoms with E-state index in [1.165, 1.54) is 0 Å². The first kappa shape index (κ1) is 21.7. The molecule has 6 rings (SSSR count). The molecule has 8 nitrogen and oxygen atoms in total. The molecule has 4 N–H and O–H groups in total. The molecule has 4 aromatic heterocycles. The highest BCUT2D eigenvalue weighted by atomic mass is 32.1. The van der Waals surface area contributed by atoms with Gasteiger partial charge in [0.2, 0.25) is 5.95 Å². The molecule has 1 saturated heterocycles. The molecule has 35 heavy (non-hydrogen) atoms. The molecule has 0 radical (unpaired) electrons. The average molecular weight is 483 g/mol. The Balaban J connectivity index is 1.46. The van der Waals surface area contributed by atoms with E-state index >= 15 is 0 Å². The normalized spacial score (nSPS) is 14.7. The highest BCUT2D eigenvalue weighted by molar-refractivity contribution is 7.23. The molecule has 1 aliphatic rings. The molecule has 5 heterocycles. The van der Waals surface area contributed by atoms with E-state index in [9.17, 15) is 0 Å². The fourth-order valence-electron chi connectivity index (χ4n) is 4.70. The number of anilines is 3. The molecule has 0 spiro atoms. The molecule has 0 atom stereocenters. The Morgan fingerprint density at radius 1 is 0.914 bits per heavy atom. The van der Waals surface area contributed by atoms with E-state index in [4.69, 9.17) is 16.5 Å². The number of para-hydroxylation sites is 1. The first-order valence-electron chi connectivity index (χ1n) is 11.7. The minimum Gasteiger partial charge on any atom is -0.382 e. The summed E-state index contributed by atoms with van der Waals surface area (Å²) in [5, 5.41) is 1.06. The van der Waals surface area contributed by atoms with Crippen LogP contribution in [0.25, 0.3) is 42.7 Å². The van der Waals surface area contributed by atoms with Gasteiger partial charge in [0.05, 0.1) is 15.7 Å². The summed E-state index contributed by atoms with van der Waals surface area (Å²) in [6.45, 7) is 7.41. The number of nitrogens with zero attached hydrogens (tertiary/aromatic N) is 6. The second-order valence-electron chi connectivity index (χ2n) is 8.69. The minimum atomic E-state index is 0.161. The third-order valence-corrected chi connectivity index (χ3v) is 7.86. The van der Waals surface area contributed by atoms with Crippen LogP contribution in [0.4, 0.5) is 17.6 Å². The standard InChI is InChI=1S/C26H26N8S/c1-2-33-9-11-34(12-10-33)20-8-7-17(14-30-20)23-21(22-24(35-23)25(27)32-26(28)31-22)18-13-16-5-3-4-6-19(16)29-15-18/h3-8,13-15H,2,9-12H2,1H3,(H4,27,28,31,32). The van der Waals surface area contributed by atoms with Crippen LogP contribution in [-0.2, 0) is 0 Å². The number of nitrogen functional groups attached to an aromatic ring is 2. The van der Waals surface area contributed by atoms with Crippen LogP contribution in [0.5, 0.6) is 0 Å². The van der Waals surface area contributed by atoms with Crippen molar-refractivity contribution in [2.75, 3.05) is 49.1 Å². The van der Waals surface area contributed by atoms with Crippen molar-refractivity contribution in [3.8, 4) is 21.6 Å². The number of hydrogen-bond donors (Lipinski definition) is 2. The summed E-state index contributed by atoms with van der Waals surface area (Å²) in [6, 6.07) is 14.4. The first-order valence-corrected chi connectivity index (χ1v) is 12.6. The van der Waals surface area contributed by atoms with Gasteiger partial charge in [-0.1, -0.05) is 25.1 Å². The summed E-state index contributed by atoms with van der Waals surface area (Å²) in [6.07, 6.45) is 3.83. The van der Waals surface area contributed by atoms with Gasteiger partial charge >= 0.3 is 0 Å². The Kier molecular flexibility index (Phi) is 5.43. The predicted molar refractivity (Wildman–Crippen MR) is 145 cm³/mol. The van der Waals surface area contributed by atoms with E-state index in [1.807, 2.05) is 30.6 Å². The van der Waals surface area contributed by atoms with Crippen molar-refractivity contribution >= 4 is 50.0 Å². The summed E-state index contributed by atoms with van der Waals surface area (Å²) < 4.78 is 0.817. The first-order chi connectivity index (χ1) is 17.1. The van der Waals surface area contributed by atoms with Gasteiger partial charge in [-0.25, -0.2) is 9.97 Å². The van der Waals surface area contributed by atoms with E-state index in [-0.39, 0.29) is 5.95 Å². The van der Waals surface area contributed by atoms with E-state index in [0.29, 0.717) is 5.82 Å². The van der Waals surface area contributed by atoms with E-state index in [1.54, 1.807) is 11.3 Å². The van der Waals surface area contributed by atoms with Crippen LogP contribution >= 0.6 is 11.3 Å². The zero-order valence-electron chi connectivity index (χ0n) is 19.5. The highest BCUT2D eigenvalue weighted by Gasteiger charge is 2.22. The lowest BCUT2D eigenvalue weighted by Crippen LogP contribution is -2.46. The molecule has 1 aliphatic heterocycles. The lowest BCUT2D eigenvalue weighted by atomic mass is 10.0. The van der Waals surface area contributed by atoms with Crippen molar-refractivity contribution in [3.05, 3.63) is 54.9 Å². The maximum absolute atomic E-state index is 6.27.